The Morgan fingerprint density at radius 2 is 1.89 bits per heavy atom. The summed E-state index contributed by atoms with van der Waals surface area (Å²) in [6.07, 6.45) is 3.04. The lowest BCUT2D eigenvalue weighted by Gasteiger charge is -2.19. The quantitative estimate of drug-likeness (QED) is 0.579. The van der Waals surface area contributed by atoms with E-state index in [2.05, 4.69) is 5.32 Å². The number of fused-ring (bicyclic) bond motifs is 1. The fourth-order valence-electron chi connectivity index (χ4n) is 3.08. The molecule has 1 N–H and O–H groups in total. The van der Waals surface area contributed by atoms with Crippen molar-refractivity contribution in [2.24, 2.45) is 0 Å². The lowest BCUT2D eigenvalue weighted by atomic mass is 10.1. The predicted octanol–water partition coefficient (Wildman–Crippen LogP) is 1.50. The smallest absolute Gasteiger partial charge is 0.326 e. The SMILES string of the molecule is CC(=O)c1cc2c(cc1NC(=O)COC(=O)CN1CCCCCC1=O)OCO2. The number of hydrogen-bond donors (Lipinski definition) is 1. The van der Waals surface area contributed by atoms with Crippen LogP contribution >= 0.6 is 0 Å². The molecule has 0 spiro atoms. The maximum Gasteiger partial charge on any atom is 0.326 e. The molecule has 2 heterocycles. The molecular weight excluding hydrogens is 368 g/mol. The van der Waals surface area contributed by atoms with Crippen molar-refractivity contribution in [3.63, 3.8) is 0 Å². The Labute approximate surface area is 161 Å². The number of ketones is 1. The van der Waals surface area contributed by atoms with Gasteiger partial charge in [-0.25, -0.2) is 0 Å². The van der Waals surface area contributed by atoms with E-state index < -0.39 is 18.5 Å². The van der Waals surface area contributed by atoms with Gasteiger partial charge in [-0.1, -0.05) is 6.42 Å². The number of hydrogen-bond acceptors (Lipinski definition) is 7. The lowest BCUT2D eigenvalue weighted by molar-refractivity contribution is -0.151. The molecule has 2 aliphatic heterocycles. The summed E-state index contributed by atoms with van der Waals surface area (Å²) in [5.74, 6) is -0.746. The number of carbonyl (C=O) groups is 4. The van der Waals surface area contributed by atoms with E-state index in [0.717, 1.165) is 19.3 Å². The van der Waals surface area contributed by atoms with E-state index in [1.165, 1.54) is 24.0 Å². The summed E-state index contributed by atoms with van der Waals surface area (Å²) in [5.41, 5.74) is 0.514. The second-order valence-electron chi connectivity index (χ2n) is 6.64. The van der Waals surface area contributed by atoms with Crippen LogP contribution in [0.25, 0.3) is 0 Å². The van der Waals surface area contributed by atoms with Crippen LogP contribution in [-0.4, -0.2) is 55.0 Å². The second kappa shape index (κ2) is 8.73. The van der Waals surface area contributed by atoms with Gasteiger partial charge in [0.05, 0.1) is 5.69 Å². The number of carbonyl (C=O) groups excluding carboxylic acids is 4. The zero-order valence-electron chi connectivity index (χ0n) is 15.6. The first kappa shape index (κ1) is 19.7. The summed E-state index contributed by atoms with van der Waals surface area (Å²) < 4.78 is 15.5. The van der Waals surface area contributed by atoms with Crippen LogP contribution in [0.1, 0.15) is 43.0 Å². The number of ether oxygens (including phenoxy) is 3. The first-order valence-electron chi connectivity index (χ1n) is 9.12. The molecule has 1 aromatic rings. The molecule has 0 bridgehead atoms. The van der Waals surface area contributed by atoms with Crippen LogP contribution in [0.4, 0.5) is 5.69 Å². The van der Waals surface area contributed by atoms with Gasteiger partial charge in [0.15, 0.2) is 23.9 Å². The maximum atomic E-state index is 12.2. The van der Waals surface area contributed by atoms with Gasteiger partial charge in [0.1, 0.15) is 6.54 Å². The van der Waals surface area contributed by atoms with Crippen molar-refractivity contribution in [2.45, 2.75) is 32.6 Å². The average Bonchev–Trinajstić information content (AvgIpc) is 3.02. The molecule has 1 aromatic carbocycles. The van der Waals surface area contributed by atoms with E-state index in [1.807, 2.05) is 0 Å². The van der Waals surface area contributed by atoms with Gasteiger partial charge < -0.3 is 24.4 Å². The van der Waals surface area contributed by atoms with Crippen LogP contribution < -0.4 is 14.8 Å². The molecule has 0 saturated carbocycles. The number of amides is 2. The Kier molecular flexibility index (Phi) is 6.13. The average molecular weight is 390 g/mol. The van der Waals surface area contributed by atoms with E-state index in [4.69, 9.17) is 14.2 Å². The van der Waals surface area contributed by atoms with Crippen molar-refractivity contribution >= 4 is 29.3 Å². The number of Topliss-reactive ketones (excluding diaryl/α,β-unsaturated/α-hetero) is 1. The van der Waals surface area contributed by atoms with E-state index in [-0.39, 0.29) is 36.3 Å². The number of benzene rings is 1. The van der Waals surface area contributed by atoms with Crippen molar-refractivity contribution in [2.75, 3.05) is 31.8 Å². The van der Waals surface area contributed by atoms with Crippen molar-refractivity contribution in [3.8, 4) is 11.5 Å². The van der Waals surface area contributed by atoms with Gasteiger partial charge in [-0.3, -0.25) is 19.2 Å². The Hall–Kier alpha value is -3.10. The summed E-state index contributed by atoms with van der Waals surface area (Å²) >= 11 is 0. The fourth-order valence-corrected chi connectivity index (χ4v) is 3.08. The van der Waals surface area contributed by atoms with Crippen LogP contribution in [0.3, 0.4) is 0 Å². The fraction of sp³-hybridized carbons (Fsp3) is 0.474. The Bertz CT molecular complexity index is 806. The molecule has 0 aromatic heterocycles. The minimum Gasteiger partial charge on any atom is -0.454 e. The third kappa shape index (κ3) is 4.79. The largest absolute Gasteiger partial charge is 0.454 e. The Morgan fingerprint density at radius 3 is 2.64 bits per heavy atom. The van der Waals surface area contributed by atoms with Crippen molar-refractivity contribution in [1.82, 2.24) is 4.90 Å². The van der Waals surface area contributed by atoms with Gasteiger partial charge in [0.25, 0.3) is 5.91 Å². The van der Waals surface area contributed by atoms with Gasteiger partial charge in [0, 0.05) is 24.6 Å². The van der Waals surface area contributed by atoms with E-state index >= 15 is 0 Å². The van der Waals surface area contributed by atoms with E-state index in [9.17, 15) is 19.2 Å². The van der Waals surface area contributed by atoms with E-state index in [0.29, 0.717) is 24.5 Å². The molecule has 3 rings (SSSR count). The molecule has 0 radical (unpaired) electrons. The summed E-state index contributed by atoms with van der Waals surface area (Å²) in [6.45, 7) is 1.23. The van der Waals surface area contributed by atoms with Crippen LogP contribution in [0.15, 0.2) is 12.1 Å². The number of nitrogens with zero attached hydrogens (tertiary/aromatic N) is 1. The minimum atomic E-state index is -0.650. The number of esters is 1. The number of rotatable bonds is 6. The Morgan fingerprint density at radius 1 is 1.14 bits per heavy atom. The molecule has 28 heavy (non-hydrogen) atoms. The third-order valence-corrected chi connectivity index (χ3v) is 4.52. The van der Waals surface area contributed by atoms with Gasteiger partial charge in [-0.05, 0) is 25.8 Å². The van der Waals surface area contributed by atoms with E-state index in [1.54, 1.807) is 0 Å². The zero-order chi connectivity index (χ0) is 20.1. The maximum absolute atomic E-state index is 12.2. The molecule has 1 saturated heterocycles. The zero-order valence-corrected chi connectivity index (χ0v) is 15.6. The van der Waals surface area contributed by atoms with Gasteiger partial charge in [-0.15, -0.1) is 0 Å². The van der Waals surface area contributed by atoms with Gasteiger partial charge in [0.2, 0.25) is 12.7 Å². The molecule has 0 aliphatic carbocycles. The van der Waals surface area contributed by atoms with Crippen molar-refractivity contribution in [1.29, 1.82) is 0 Å². The predicted molar refractivity (Wildman–Crippen MR) is 97.2 cm³/mol. The van der Waals surface area contributed by atoms with Crippen LogP contribution in [0.5, 0.6) is 11.5 Å². The molecular formula is C19H22N2O7. The minimum absolute atomic E-state index is 0.0386. The highest BCUT2D eigenvalue weighted by atomic mass is 16.7. The Balaban J connectivity index is 1.55. The molecule has 2 aliphatic rings. The number of likely N-dealkylation sites (tertiary alicyclic amines) is 1. The monoisotopic (exact) mass is 390 g/mol. The number of nitrogens with one attached hydrogen (secondary N) is 1. The highest BCUT2D eigenvalue weighted by molar-refractivity contribution is 6.05. The highest BCUT2D eigenvalue weighted by Crippen LogP contribution is 2.37. The van der Waals surface area contributed by atoms with Gasteiger partial charge >= 0.3 is 5.97 Å². The van der Waals surface area contributed by atoms with Crippen molar-refractivity contribution < 1.29 is 33.4 Å². The van der Waals surface area contributed by atoms with Crippen LogP contribution in [0.2, 0.25) is 0 Å². The summed E-state index contributed by atoms with van der Waals surface area (Å²) in [4.78, 5) is 49.3. The lowest BCUT2D eigenvalue weighted by Crippen LogP contribution is -2.36. The molecule has 0 atom stereocenters. The number of anilines is 1. The molecule has 2 amide bonds. The van der Waals surface area contributed by atoms with Crippen LogP contribution in [0, 0.1) is 0 Å². The topological polar surface area (TPSA) is 111 Å². The molecule has 1 fully saturated rings. The van der Waals surface area contributed by atoms with Gasteiger partial charge in [-0.2, -0.15) is 0 Å². The molecule has 150 valence electrons. The molecule has 9 heteroatoms. The highest BCUT2D eigenvalue weighted by Gasteiger charge is 2.22. The third-order valence-electron chi connectivity index (χ3n) is 4.52. The first-order chi connectivity index (χ1) is 13.4. The summed E-state index contributed by atoms with van der Waals surface area (Å²) in [6, 6.07) is 2.99. The summed E-state index contributed by atoms with van der Waals surface area (Å²) in [7, 11) is 0. The normalized spacial score (nSPS) is 15.8. The van der Waals surface area contributed by atoms with Crippen LogP contribution in [-0.2, 0) is 19.1 Å². The van der Waals surface area contributed by atoms with Crippen molar-refractivity contribution in [3.05, 3.63) is 17.7 Å². The first-order valence-corrected chi connectivity index (χ1v) is 9.12. The second-order valence-corrected chi connectivity index (χ2v) is 6.64. The standard InChI is InChI=1S/C19H22N2O7/c1-12(22)13-7-15-16(28-11-27-15)8-14(13)20-17(23)10-26-19(25)9-21-6-4-2-3-5-18(21)24/h7-8H,2-6,9-11H2,1H3,(H,20,23). The molecule has 0 unspecified atom stereocenters. The molecule has 9 nitrogen and oxygen atoms in total. The summed E-state index contributed by atoms with van der Waals surface area (Å²) in [5, 5.41) is 2.55.